The number of para-hydroxylation sites is 3. The van der Waals surface area contributed by atoms with Crippen LogP contribution in [-0.2, 0) is 71.2 Å². The van der Waals surface area contributed by atoms with Crippen molar-refractivity contribution in [3.8, 4) is 0 Å². The van der Waals surface area contributed by atoms with Crippen molar-refractivity contribution in [2.75, 3.05) is 35.8 Å². The van der Waals surface area contributed by atoms with E-state index < -0.39 is 146 Å². The van der Waals surface area contributed by atoms with Crippen molar-refractivity contribution in [1.82, 2.24) is 10.6 Å². The zero-order valence-corrected chi connectivity index (χ0v) is 75.7. The molecule has 6 amide bonds. The maximum Gasteiger partial charge on any atom is 0.417 e. The fraction of sp³-hybridized carbons (Fsp3) is 0.443. The molecule has 6 aliphatic carbocycles. The Bertz CT molecular complexity index is 5430. The van der Waals surface area contributed by atoms with E-state index in [0.717, 1.165) is 56.7 Å². The molecule has 3 saturated carbocycles. The van der Waals surface area contributed by atoms with Crippen molar-refractivity contribution in [3.05, 3.63) is 232 Å². The maximum atomic E-state index is 14.2. The second-order valence-corrected chi connectivity index (χ2v) is 37.6. The molecular formula is C97H107BCl2F9N10O12. The van der Waals surface area contributed by atoms with Gasteiger partial charge in [-0.05, 0) is 160 Å². The molecule has 6 aromatic rings. The lowest BCUT2D eigenvalue weighted by molar-refractivity contribution is -0.176. The number of aliphatic carboxylic acids is 1. The fourth-order valence-electron chi connectivity index (χ4n) is 17.1. The number of hydrogen-bond donors (Lipinski definition) is 5. The molecule has 3 fully saturated rings. The number of ether oxygens (including phenoxy) is 2. The summed E-state index contributed by atoms with van der Waals surface area (Å²) < 4.78 is 136. The first-order chi connectivity index (χ1) is 61.0. The minimum absolute atomic E-state index is 0. The zero-order chi connectivity index (χ0) is 95.1. The van der Waals surface area contributed by atoms with E-state index in [0.29, 0.717) is 97.5 Å². The standard InChI is InChI=1S/C33H36F3N3O4.C29H29F3N4O3.C17H14F3N3O.C16H24O4.C2H4Cl2.B/c1-31(2,3)43-30(42)32(17-9-10-18-32)24(19-20-15-16-20)28(40)38-27-29(41)39(4)25-14-8-6-12-22(25)26(37-27)21-11-5-7-13-23(21)33(34,35)36;1-36-22-11-5-3-9-19(22)23(18-8-2-4-10-20(18)29(30,31)32)34-24(26(36)38)35-25(37)21(16-17-12-13-17)28(27(33)39)14-6-7-15-28;1-23-13-9-5-3-7-11(13)14(22-15(21)16(23)24)10-6-2-4-8-12(10)17(18,19)20;1-15(2,3)20-14(19)16(8-4-5-9-16)12(13(17)18)10-11-6-7-11;1-2(3)4;/h5-14,20,24,27H,15-19H2,1-4H3,(H,38,40);2-11,17,21,24H,12-16H2,1H3,(H2,33,39)(H,35,37);2-9,15H,21H2,1H3;4-5,11-12H,6-10H2,1-3H3,(H,17,18);2H,1H3;/t24-,27?;21-,24?;;12-;;/m00.0../s1. The summed E-state index contributed by atoms with van der Waals surface area (Å²) >= 11 is 10.1. The molecule has 15 rings (SSSR count). The number of hydrogen-bond acceptors (Lipinski definition) is 15. The number of esters is 2. The number of carbonyl (C=O) groups is 9. The van der Waals surface area contributed by atoms with Crippen LogP contribution in [0.3, 0.4) is 0 Å². The molecule has 3 radical (unpaired) electrons. The quantitative estimate of drug-likeness (QED) is 0.0156. The predicted molar refractivity (Wildman–Crippen MR) is 483 cm³/mol. The van der Waals surface area contributed by atoms with Gasteiger partial charge in [-0.1, -0.05) is 184 Å². The van der Waals surface area contributed by atoms with Crippen molar-refractivity contribution < 1.29 is 97.2 Å². The number of halogens is 11. The molecule has 3 heterocycles. The number of carbonyl (C=O) groups excluding carboxylic acids is 8. The number of rotatable bonds is 20. The van der Waals surface area contributed by atoms with E-state index in [-0.39, 0.29) is 64.9 Å². The van der Waals surface area contributed by atoms with E-state index in [9.17, 15) is 87.8 Å². The lowest BCUT2D eigenvalue weighted by Crippen LogP contribution is -2.53. The number of allylic oxidation sites excluding steroid dienone is 6. The summed E-state index contributed by atoms with van der Waals surface area (Å²) in [5.74, 6) is -6.39. The first-order valence-electron chi connectivity index (χ1n) is 43.0. The largest absolute Gasteiger partial charge is 0.481 e. The summed E-state index contributed by atoms with van der Waals surface area (Å²) in [5, 5.41) is 15.0. The summed E-state index contributed by atoms with van der Waals surface area (Å²) in [6.07, 6.45) is 2.55. The number of carboxylic acid groups (broad SMARTS) is 1. The third-order valence-corrected chi connectivity index (χ3v) is 24.3. The van der Waals surface area contributed by atoms with E-state index in [1.165, 1.54) is 90.4 Å². The highest BCUT2D eigenvalue weighted by atomic mass is 35.5. The van der Waals surface area contributed by atoms with Crippen LogP contribution in [0.25, 0.3) is 0 Å². The van der Waals surface area contributed by atoms with E-state index in [4.69, 9.17) is 44.1 Å². The number of likely N-dealkylation sites (N-methyl/N-ethyl adjacent to an activating group) is 3. The van der Waals surface area contributed by atoms with Gasteiger partial charge < -0.3 is 51.4 Å². The number of carboxylic acids is 1. The van der Waals surface area contributed by atoms with Gasteiger partial charge in [-0.15, -0.1) is 23.2 Å². The number of aliphatic imine (C=N–C) groups is 3. The van der Waals surface area contributed by atoms with Crippen LogP contribution in [0.5, 0.6) is 0 Å². The van der Waals surface area contributed by atoms with Crippen LogP contribution in [0.15, 0.2) is 197 Å². The number of primary amides is 1. The first kappa shape index (κ1) is 102. The van der Waals surface area contributed by atoms with Crippen LogP contribution in [0.4, 0.5) is 56.6 Å². The van der Waals surface area contributed by atoms with Crippen LogP contribution in [0, 0.1) is 51.8 Å². The number of nitrogens with zero attached hydrogens (tertiary/aromatic N) is 6. The summed E-state index contributed by atoms with van der Waals surface area (Å²) in [6.45, 7) is 12.5. The van der Waals surface area contributed by atoms with Crippen molar-refractivity contribution in [2.24, 2.45) is 78.2 Å². The van der Waals surface area contributed by atoms with Gasteiger partial charge in [0.15, 0.2) is 6.17 Å². The summed E-state index contributed by atoms with van der Waals surface area (Å²) in [7, 11) is 4.51. The predicted octanol–water partition coefficient (Wildman–Crippen LogP) is 17.7. The highest BCUT2D eigenvalue weighted by Gasteiger charge is 2.56. The highest BCUT2D eigenvalue weighted by molar-refractivity contribution is 6.44. The van der Waals surface area contributed by atoms with Crippen molar-refractivity contribution in [2.45, 2.75) is 198 Å². The molecule has 0 bridgehead atoms. The average molecular weight is 1860 g/mol. The van der Waals surface area contributed by atoms with Gasteiger partial charge in [0.05, 0.1) is 84.9 Å². The van der Waals surface area contributed by atoms with E-state index in [1.54, 1.807) is 100 Å². The van der Waals surface area contributed by atoms with Gasteiger partial charge in [0.25, 0.3) is 17.7 Å². The first-order valence-corrected chi connectivity index (χ1v) is 43.8. The van der Waals surface area contributed by atoms with Gasteiger partial charge in [-0.3, -0.25) is 48.1 Å². The Morgan fingerprint density at radius 2 is 0.687 bits per heavy atom. The number of fused-ring (bicyclic) bond motifs is 3. The molecule has 6 atom stereocenters. The Hall–Kier alpha value is -11.2. The second-order valence-electron chi connectivity index (χ2n) is 36.1. The summed E-state index contributed by atoms with van der Waals surface area (Å²) in [4.78, 5) is 135. The molecule has 0 aromatic heterocycles. The molecule has 9 aliphatic rings. The Morgan fingerprint density at radius 1 is 0.435 bits per heavy atom. The molecule has 7 N–H and O–H groups in total. The number of alkyl halides is 11. The number of benzodiazepines with no additional fused rings is 3. The topological polar surface area (TPSA) is 315 Å². The van der Waals surface area contributed by atoms with Crippen LogP contribution in [0.1, 0.15) is 195 Å². The third-order valence-electron chi connectivity index (χ3n) is 24.3. The average Bonchev–Trinajstić information content (AvgIpc) is 1.57. The molecule has 3 unspecified atom stereocenters. The Balaban J connectivity index is 0.000000185. The van der Waals surface area contributed by atoms with E-state index in [1.807, 2.05) is 57.2 Å². The number of nitrogens with two attached hydrogens (primary N) is 2. The van der Waals surface area contributed by atoms with Crippen molar-refractivity contribution >= 4 is 119 Å². The SMILES string of the molecule is CC(C)(C)OC(=O)C1([C@@H](CC2CC2)C(=O)O)CC=CC1.CC(Cl)Cl.CN1C(=O)C(N)N=C(c2ccccc2C(F)(F)F)c2ccccc21.CN1C(=O)C(NC(=O)[C@H](CC2CC2)C2(C(=O)OC(C)(C)C)CC=CC2)N=C(c2ccccc2C(F)(F)F)c2ccccc21.CN1C(=O)C(NC(=O)[C@H](CC2CC2)C2(C(N)=O)CC=CC2)N=C(c2ccccc2C(F)(F)F)c2ccccc21.[B]. The van der Waals surface area contributed by atoms with E-state index >= 15 is 0 Å². The fourth-order valence-corrected chi connectivity index (χ4v) is 17.1. The van der Waals surface area contributed by atoms with Crippen LogP contribution in [0.2, 0.25) is 0 Å². The molecule has 0 spiro atoms. The molecule has 3 aliphatic heterocycles. The Labute approximate surface area is 767 Å². The Kier molecular flexibility index (Phi) is 32.1. The van der Waals surface area contributed by atoms with Gasteiger partial charge in [0.2, 0.25) is 30.1 Å². The molecule has 0 saturated heterocycles. The van der Waals surface area contributed by atoms with Crippen LogP contribution < -0.4 is 36.8 Å². The third kappa shape index (κ3) is 24.2. The number of amides is 6. The van der Waals surface area contributed by atoms with Crippen molar-refractivity contribution in [3.63, 3.8) is 0 Å². The van der Waals surface area contributed by atoms with E-state index in [2.05, 4.69) is 25.6 Å². The second kappa shape index (κ2) is 41.3. The smallest absolute Gasteiger partial charge is 0.417 e. The molecular weight excluding hydrogens is 1750 g/mol. The minimum atomic E-state index is -4.68. The monoisotopic (exact) mass is 1860 g/mol. The summed E-state index contributed by atoms with van der Waals surface area (Å²) in [5.41, 5.74) is 6.12. The molecule has 22 nitrogen and oxygen atoms in total. The molecule has 131 heavy (non-hydrogen) atoms. The highest BCUT2D eigenvalue weighted by Crippen LogP contribution is 2.53. The Morgan fingerprint density at radius 3 is 0.969 bits per heavy atom. The number of benzene rings is 6. The van der Waals surface area contributed by atoms with Gasteiger partial charge in [-0.25, -0.2) is 9.98 Å². The minimum Gasteiger partial charge on any atom is -0.481 e. The van der Waals surface area contributed by atoms with Gasteiger partial charge in [-0.2, -0.15) is 39.5 Å². The molecule has 697 valence electrons. The lowest BCUT2D eigenvalue weighted by atomic mass is 9.70. The zero-order valence-electron chi connectivity index (χ0n) is 74.2. The molecule has 6 aromatic carbocycles. The van der Waals surface area contributed by atoms with Crippen LogP contribution >= 0.6 is 23.2 Å². The van der Waals surface area contributed by atoms with Crippen LogP contribution in [-0.4, -0.2) is 140 Å². The normalized spacial score (nSPS) is 20.1. The number of anilines is 3. The maximum absolute atomic E-state index is 14.2. The molecule has 34 heteroatoms. The lowest BCUT2D eigenvalue weighted by Gasteiger charge is -2.37. The van der Waals surface area contributed by atoms with Gasteiger partial charge >= 0.3 is 36.4 Å². The number of nitrogens with one attached hydrogen (secondary N) is 2. The van der Waals surface area contributed by atoms with Gasteiger partial charge in [0.1, 0.15) is 16.0 Å². The van der Waals surface area contributed by atoms with Crippen molar-refractivity contribution in [1.29, 1.82) is 0 Å². The summed E-state index contributed by atoms with van der Waals surface area (Å²) in [6, 6.07) is 34.9. The van der Waals surface area contributed by atoms with Gasteiger partial charge in [0, 0.05) is 62.9 Å².